The van der Waals surface area contributed by atoms with Crippen LogP contribution in [0.3, 0.4) is 0 Å². The minimum atomic E-state index is -0.132. The van der Waals surface area contributed by atoms with E-state index in [0.717, 1.165) is 23.2 Å². The lowest BCUT2D eigenvalue weighted by Crippen LogP contribution is -2.21. The predicted molar refractivity (Wildman–Crippen MR) is 84.6 cm³/mol. The molecule has 106 valence electrons. The number of aromatic nitrogens is 3. The molecule has 1 aromatic heterocycles. The molecule has 0 saturated carbocycles. The second-order valence-corrected chi connectivity index (χ2v) is 5.74. The molecule has 1 heterocycles. The van der Waals surface area contributed by atoms with Crippen molar-refractivity contribution in [3.8, 4) is 0 Å². The second kappa shape index (κ2) is 6.49. The average molecular weight is 402 g/mol. The summed E-state index contributed by atoms with van der Waals surface area (Å²) in [6.07, 6.45) is 0.871. The van der Waals surface area contributed by atoms with Crippen molar-refractivity contribution in [2.45, 2.75) is 26.8 Å². The van der Waals surface area contributed by atoms with Gasteiger partial charge in [0.1, 0.15) is 6.54 Å². The molecule has 0 aliphatic carbocycles. The van der Waals surface area contributed by atoms with E-state index in [4.69, 9.17) is 0 Å². The maximum Gasteiger partial charge on any atom is 0.246 e. The van der Waals surface area contributed by atoms with Crippen LogP contribution in [0, 0.1) is 6.92 Å². The molecular formula is C13H14Br2N4O. The molecule has 1 N–H and O–H groups in total. The zero-order chi connectivity index (χ0) is 14.7. The minimum absolute atomic E-state index is 0.108. The molecule has 0 unspecified atom stereocenters. The van der Waals surface area contributed by atoms with Crippen molar-refractivity contribution in [3.63, 3.8) is 0 Å². The Bertz CT molecular complexity index is 639. The van der Waals surface area contributed by atoms with E-state index in [1.165, 1.54) is 4.68 Å². The van der Waals surface area contributed by atoms with Crippen molar-refractivity contribution < 1.29 is 4.79 Å². The van der Waals surface area contributed by atoms with Crippen LogP contribution in [0.15, 0.2) is 27.7 Å². The number of benzene rings is 1. The molecule has 1 amide bonds. The maximum absolute atomic E-state index is 12.1. The smallest absolute Gasteiger partial charge is 0.246 e. The van der Waals surface area contributed by atoms with Gasteiger partial charge in [-0.15, -0.1) is 5.10 Å². The maximum atomic E-state index is 12.1. The standard InChI is InChI=1S/C13H14Br2N4O/c1-3-9-6-4-5-8(2)11(9)16-10(20)7-19-13(15)17-12(14)18-19/h4-6H,3,7H2,1-2H3,(H,16,20). The molecule has 1 aromatic carbocycles. The van der Waals surface area contributed by atoms with Gasteiger partial charge in [-0.1, -0.05) is 25.1 Å². The first kappa shape index (κ1) is 15.2. The lowest BCUT2D eigenvalue weighted by Gasteiger charge is -2.13. The van der Waals surface area contributed by atoms with E-state index in [-0.39, 0.29) is 12.5 Å². The van der Waals surface area contributed by atoms with E-state index in [2.05, 4.69) is 54.2 Å². The Morgan fingerprint density at radius 2 is 2.15 bits per heavy atom. The van der Waals surface area contributed by atoms with Gasteiger partial charge in [-0.2, -0.15) is 4.98 Å². The number of amides is 1. The van der Waals surface area contributed by atoms with Gasteiger partial charge in [-0.3, -0.25) is 4.79 Å². The van der Waals surface area contributed by atoms with Crippen molar-refractivity contribution in [1.29, 1.82) is 0 Å². The first-order chi connectivity index (χ1) is 9.51. The molecule has 2 rings (SSSR count). The Kier molecular flexibility index (Phi) is 4.93. The number of rotatable bonds is 4. The zero-order valence-corrected chi connectivity index (χ0v) is 14.3. The summed E-state index contributed by atoms with van der Waals surface area (Å²) < 4.78 is 2.45. The van der Waals surface area contributed by atoms with E-state index >= 15 is 0 Å². The van der Waals surface area contributed by atoms with Gasteiger partial charge in [0.15, 0.2) is 4.73 Å². The van der Waals surface area contributed by atoms with Crippen molar-refractivity contribution in [3.05, 3.63) is 38.8 Å². The Morgan fingerprint density at radius 1 is 1.40 bits per heavy atom. The third-order valence-electron chi connectivity index (χ3n) is 2.90. The third-order valence-corrected chi connectivity index (χ3v) is 3.82. The Hall–Kier alpha value is -1.21. The Labute approximate surface area is 134 Å². The summed E-state index contributed by atoms with van der Waals surface area (Å²) in [4.78, 5) is 16.2. The van der Waals surface area contributed by atoms with E-state index in [9.17, 15) is 4.79 Å². The number of hydrogen-bond donors (Lipinski definition) is 1. The van der Waals surface area contributed by atoms with Crippen LogP contribution in [0.1, 0.15) is 18.1 Å². The van der Waals surface area contributed by atoms with Gasteiger partial charge in [0.25, 0.3) is 0 Å². The van der Waals surface area contributed by atoms with Gasteiger partial charge in [0, 0.05) is 5.69 Å². The van der Waals surface area contributed by atoms with Crippen LogP contribution in [-0.4, -0.2) is 20.7 Å². The number of nitrogens with zero attached hydrogens (tertiary/aromatic N) is 3. The molecule has 0 spiro atoms. The van der Waals surface area contributed by atoms with E-state index in [1.54, 1.807) is 0 Å². The van der Waals surface area contributed by atoms with Crippen LogP contribution in [0.2, 0.25) is 0 Å². The molecule has 20 heavy (non-hydrogen) atoms. The highest BCUT2D eigenvalue weighted by molar-refractivity contribution is 9.11. The number of carbonyl (C=O) groups is 1. The highest BCUT2D eigenvalue weighted by Gasteiger charge is 2.12. The number of halogens is 2. The largest absolute Gasteiger partial charge is 0.324 e. The van der Waals surface area contributed by atoms with Gasteiger partial charge in [0.2, 0.25) is 10.6 Å². The van der Waals surface area contributed by atoms with Crippen LogP contribution in [0.4, 0.5) is 5.69 Å². The number of carbonyl (C=O) groups excluding carboxylic acids is 1. The fraction of sp³-hybridized carbons (Fsp3) is 0.308. The summed E-state index contributed by atoms with van der Waals surface area (Å²) in [6.45, 7) is 4.16. The molecular weight excluding hydrogens is 388 g/mol. The number of aryl methyl sites for hydroxylation is 2. The zero-order valence-electron chi connectivity index (χ0n) is 11.2. The van der Waals surface area contributed by atoms with Crippen molar-refractivity contribution in [2.75, 3.05) is 5.32 Å². The number of hydrogen-bond acceptors (Lipinski definition) is 3. The van der Waals surface area contributed by atoms with Gasteiger partial charge < -0.3 is 5.32 Å². The van der Waals surface area contributed by atoms with Crippen molar-refractivity contribution >= 4 is 43.5 Å². The normalized spacial score (nSPS) is 10.6. The van der Waals surface area contributed by atoms with Crippen LogP contribution in [0.5, 0.6) is 0 Å². The summed E-state index contributed by atoms with van der Waals surface area (Å²) in [5.74, 6) is -0.132. The van der Waals surface area contributed by atoms with Crippen LogP contribution in [-0.2, 0) is 17.8 Å². The first-order valence-electron chi connectivity index (χ1n) is 6.15. The molecule has 2 aromatic rings. The first-order valence-corrected chi connectivity index (χ1v) is 7.74. The van der Waals surface area contributed by atoms with Gasteiger partial charge in [-0.05, 0) is 56.3 Å². The van der Waals surface area contributed by atoms with E-state index in [1.807, 2.05) is 25.1 Å². The number of para-hydroxylation sites is 1. The fourth-order valence-corrected chi connectivity index (χ4v) is 2.88. The summed E-state index contributed by atoms with van der Waals surface area (Å²) in [6, 6.07) is 6.00. The van der Waals surface area contributed by atoms with Crippen LogP contribution >= 0.6 is 31.9 Å². The molecule has 0 saturated heterocycles. The number of anilines is 1. The molecule has 0 aliphatic rings. The average Bonchev–Trinajstić information content (AvgIpc) is 2.70. The van der Waals surface area contributed by atoms with Crippen molar-refractivity contribution in [2.24, 2.45) is 0 Å². The quantitative estimate of drug-likeness (QED) is 0.854. The SMILES string of the molecule is CCc1cccc(C)c1NC(=O)Cn1nc(Br)nc1Br. The predicted octanol–water partition coefficient (Wildman–Crippen LogP) is 3.31. The fourth-order valence-electron chi connectivity index (χ4n) is 1.91. The van der Waals surface area contributed by atoms with Crippen LogP contribution in [0.25, 0.3) is 0 Å². The molecule has 0 aliphatic heterocycles. The molecule has 5 nitrogen and oxygen atoms in total. The minimum Gasteiger partial charge on any atom is -0.324 e. The lowest BCUT2D eigenvalue weighted by molar-refractivity contribution is -0.117. The molecule has 0 atom stereocenters. The molecule has 7 heteroatoms. The summed E-state index contributed by atoms with van der Waals surface area (Å²) in [7, 11) is 0. The van der Waals surface area contributed by atoms with Crippen LogP contribution < -0.4 is 5.32 Å². The van der Waals surface area contributed by atoms with Gasteiger partial charge >= 0.3 is 0 Å². The summed E-state index contributed by atoms with van der Waals surface area (Å²) in [5, 5.41) is 7.02. The van der Waals surface area contributed by atoms with Crippen molar-refractivity contribution in [1.82, 2.24) is 14.8 Å². The number of nitrogens with one attached hydrogen (secondary N) is 1. The third kappa shape index (κ3) is 3.46. The van der Waals surface area contributed by atoms with E-state index in [0.29, 0.717) is 9.47 Å². The molecule has 0 bridgehead atoms. The van der Waals surface area contributed by atoms with E-state index < -0.39 is 0 Å². The molecule has 0 radical (unpaired) electrons. The summed E-state index contributed by atoms with van der Waals surface area (Å²) in [5.41, 5.74) is 3.06. The lowest BCUT2D eigenvalue weighted by atomic mass is 10.1. The topological polar surface area (TPSA) is 59.8 Å². The second-order valence-electron chi connectivity index (χ2n) is 4.32. The monoisotopic (exact) mass is 400 g/mol. The van der Waals surface area contributed by atoms with Gasteiger partial charge in [0.05, 0.1) is 0 Å². The highest BCUT2D eigenvalue weighted by atomic mass is 79.9. The Balaban J connectivity index is 2.14. The summed E-state index contributed by atoms with van der Waals surface area (Å²) >= 11 is 6.42. The van der Waals surface area contributed by atoms with Gasteiger partial charge in [-0.25, -0.2) is 4.68 Å². The molecule has 0 fully saturated rings. The Morgan fingerprint density at radius 3 is 2.75 bits per heavy atom. The highest BCUT2D eigenvalue weighted by Crippen LogP contribution is 2.21.